The molecule has 1 atom stereocenters. The van der Waals surface area contributed by atoms with Crippen LogP contribution < -0.4 is 11.1 Å². The molecule has 4 nitrogen and oxygen atoms in total. The summed E-state index contributed by atoms with van der Waals surface area (Å²) in [6, 6.07) is 8.21. The first-order chi connectivity index (χ1) is 12.9. The Kier molecular flexibility index (Phi) is 8.51. The molecule has 0 aliphatic carbocycles. The van der Waals surface area contributed by atoms with Gasteiger partial charge in [-0.3, -0.25) is 0 Å². The number of unbranched alkanes of at least 4 members (excludes halogenated alkanes) is 2. The highest BCUT2D eigenvalue weighted by molar-refractivity contribution is 6.48. The number of rotatable bonds is 11. The van der Waals surface area contributed by atoms with Crippen molar-refractivity contribution in [3.05, 3.63) is 40.7 Å². The molecule has 3 N–H and O–H groups in total. The Morgan fingerprint density at radius 2 is 1.81 bits per heavy atom. The predicted octanol–water partition coefficient (Wildman–Crippen LogP) is 5.16. The van der Waals surface area contributed by atoms with E-state index in [4.69, 9.17) is 21.8 Å². The minimum Gasteiger partial charge on any atom is -0.403 e. The molecule has 1 aromatic carbocycles. The molecule has 0 fully saturated rings. The molecule has 1 aromatic rings. The third kappa shape index (κ3) is 5.90. The molecule has 0 radical (unpaired) electrons. The maximum atomic E-state index is 6.74. The Labute approximate surface area is 171 Å². The second-order valence-electron chi connectivity index (χ2n) is 7.82. The topological polar surface area (TPSA) is 50.5 Å². The summed E-state index contributed by atoms with van der Waals surface area (Å²) >= 11 is 6.74. The van der Waals surface area contributed by atoms with Crippen LogP contribution in [0.4, 0.5) is 5.69 Å². The van der Waals surface area contributed by atoms with Crippen LogP contribution in [0, 0.1) is 0 Å². The lowest BCUT2D eigenvalue weighted by molar-refractivity contribution is 0.0391. The highest BCUT2D eigenvalue weighted by atomic mass is 35.5. The van der Waals surface area contributed by atoms with E-state index in [2.05, 4.69) is 49.3 Å². The lowest BCUT2D eigenvalue weighted by Crippen LogP contribution is -2.55. The predicted molar refractivity (Wildman–Crippen MR) is 119 cm³/mol. The molecule has 0 aromatic heterocycles. The number of benzene rings is 1. The van der Waals surface area contributed by atoms with Gasteiger partial charge in [-0.05, 0) is 56.5 Å². The SMILES string of the molecule is CCCCC1=C(Cl)NC(CCCC)(Cc2ccc(N)cc2)N1CO[SiH](C)C. The quantitative estimate of drug-likeness (QED) is 0.301. The van der Waals surface area contributed by atoms with Crippen molar-refractivity contribution in [3.8, 4) is 0 Å². The maximum Gasteiger partial charge on any atom is 0.173 e. The van der Waals surface area contributed by atoms with Crippen molar-refractivity contribution < 1.29 is 4.43 Å². The van der Waals surface area contributed by atoms with Crippen LogP contribution in [-0.4, -0.2) is 26.3 Å². The van der Waals surface area contributed by atoms with Crippen LogP contribution in [0.2, 0.25) is 13.1 Å². The maximum absolute atomic E-state index is 6.74. The second-order valence-corrected chi connectivity index (χ2v) is 10.6. The summed E-state index contributed by atoms with van der Waals surface area (Å²) in [4.78, 5) is 2.42. The van der Waals surface area contributed by atoms with E-state index in [1.165, 1.54) is 11.3 Å². The van der Waals surface area contributed by atoms with E-state index < -0.39 is 9.04 Å². The second kappa shape index (κ2) is 10.4. The molecular formula is C21H36ClN3OSi. The van der Waals surface area contributed by atoms with Crippen LogP contribution in [0.5, 0.6) is 0 Å². The summed E-state index contributed by atoms with van der Waals surface area (Å²) in [6.45, 7) is 9.51. The Hall–Kier alpha value is -1.17. The molecule has 2 rings (SSSR count). The van der Waals surface area contributed by atoms with Crippen LogP contribution in [0.1, 0.15) is 57.9 Å². The van der Waals surface area contributed by atoms with Gasteiger partial charge in [-0.2, -0.15) is 0 Å². The first-order valence-corrected chi connectivity index (χ1v) is 13.5. The monoisotopic (exact) mass is 409 g/mol. The standard InChI is InChI=1S/C21H36ClN3OSi/c1-5-7-9-19-20(22)24-21(14-8-6-2,25(19)16-26-27(3)4)15-17-10-12-18(23)13-11-17/h10-13,24,27H,5-9,14-16,23H2,1-4H3. The van der Waals surface area contributed by atoms with E-state index in [0.29, 0.717) is 6.73 Å². The van der Waals surface area contributed by atoms with Crippen LogP contribution in [0.25, 0.3) is 0 Å². The third-order valence-corrected chi connectivity index (χ3v) is 6.29. The third-order valence-electron chi connectivity index (χ3n) is 5.16. The van der Waals surface area contributed by atoms with Crippen LogP contribution in [-0.2, 0) is 10.8 Å². The van der Waals surface area contributed by atoms with Crippen molar-refractivity contribution in [3.63, 3.8) is 0 Å². The summed E-state index contributed by atoms with van der Waals surface area (Å²) < 4.78 is 6.19. The van der Waals surface area contributed by atoms with Crippen molar-refractivity contribution in [2.75, 3.05) is 12.5 Å². The molecule has 6 heteroatoms. The largest absolute Gasteiger partial charge is 0.403 e. The van der Waals surface area contributed by atoms with Crippen molar-refractivity contribution in [2.45, 2.75) is 77.6 Å². The fraction of sp³-hybridized carbons (Fsp3) is 0.619. The minimum absolute atomic E-state index is 0.227. The van der Waals surface area contributed by atoms with Crippen LogP contribution in [0.3, 0.4) is 0 Å². The first-order valence-electron chi connectivity index (χ1n) is 10.3. The Bertz CT molecular complexity index is 620. The molecule has 0 amide bonds. The van der Waals surface area contributed by atoms with Gasteiger partial charge in [0.05, 0.1) is 5.70 Å². The van der Waals surface area contributed by atoms with E-state index in [0.717, 1.165) is 55.8 Å². The van der Waals surface area contributed by atoms with Gasteiger partial charge in [0.1, 0.15) is 17.5 Å². The molecule has 0 bridgehead atoms. The Morgan fingerprint density at radius 3 is 2.41 bits per heavy atom. The van der Waals surface area contributed by atoms with Gasteiger partial charge < -0.3 is 20.4 Å². The van der Waals surface area contributed by atoms with Gasteiger partial charge in [0.15, 0.2) is 9.04 Å². The minimum atomic E-state index is -1.13. The molecule has 1 aliphatic rings. The van der Waals surface area contributed by atoms with Gasteiger partial charge in [-0.1, -0.05) is 50.4 Å². The zero-order valence-corrected chi connectivity index (χ0v) is 19.3. The molecule has 1 aliphatic heterocycles. The number of halogens is 1. The summed E-state index contributed by atoms with van der Waals surface area (Å²) in [6.07, 6.45) is 7.48. The van der Waals surface area contributed by atoms with E-state index in [1.54, 1.807) is 0 Å². The molecule has 0 saturated heterocycles. The van der Waals surface area contributed by atoms with Crippen molar-refractivity contribution >= 4 is 26.3 Å². The van der Waals surface area contributed by atoms with Gasteiger partial charge in [-0.25, -0.2) is 0 Å². The molecule has 152 valence electrons. The molecule has 0 spiro atoms. The molecule has 1 unspecified atom stereocenters. The first kappa shape index (κ1) is 22.1. The zero-order chi connectivity index (χ0) is 19.9. The number of anilines is 1. The number of allylic oxidation sites excluding steroid dienone is 1. The average molecular weight is 410 g/mol. The van der Waals surface area contributed by atoms with E-state index in [9.17, 15) is 0 Å². The fourth-order valence-electron chi connectivity index (χ4n) is 3.60. The Balaban J connectivity index is 2.33. The number of nitrogens with zero attached hydrogens (tertiary/aromatic N) is 1. The van der Waals surface area contributed by atoms with Crippen LogP contribution in [0.15, 0.2) is 35.1 Å². The van der Waals surface area contributed by atoms with Gasteiger partial charge >= 0.3 is 0 Å². The lowest BCUT2D eigenvalue weighted by atomic mass is 9.92. The number of nitrogens with one attached hydrogen (secondary N) is 1. The van der Waals surface area contributed by atoms with Gasteiger partial charge in [-0.15, -0.1) is 0 Å². The van der Waals surface area contributed by atoms with Crippen molar-refractivity contribution in [1.82, 2.24) is 10.2 Å². The van der Waals surface area contributed by atoms with Gasteiger partial charge in [0.2, 0.25) is 0 Å². The van der Waals surface area contributed by atoms with Crippen molar-refractivity contribution in [2.24, 2.45) is 0 Å². The van der Waals surface area contributed by atoms with E-state index in [1.807, 2.05) is 12.1 Å². The summed E-state index contributed by atoms with van der Waals surface area (Å²) in [7, 11) is -1.13. The molecule has 27 heavy (non-hydrogen) atoms. The summed E-state index contributed by atoms with van der Waals surface area (Å²) in [5.74, 6) is 0. The molecule has 0 saturated carbocycles. The van der Waals surface area contributed by atoms with E-state index in [-0.39, 0.29) is 5.66 Å². The number of hydrogen-bond acceptors (Lipinski definition) is 4. The normalized spacial score (nSPS) is 19.9. The number of hydrogen-bond donors (Lipinski definition) is 2. The van der Waals surface area contributed by atoms with Crippen molar-refractivity contribution in [1.29, 1.82) is 0 Å². The van der Waals surface area contributed by atoms with Gasteiger partial charge in [0.25, 0.3) is 0 Å². The number of nitrogens with two attached hydrogens (primary N) is 1. The van der Waals surface area contributed by atoms with Gasteiger partial charge in [0, 0.05) is 12.1 Å². The highest BCUT2D eigenvalue weighted by Crippen LogP contribution is 2.38. The Morgan fingerprint density at radius 1 is 1.15 bits per heavy atom. The average Bonchev–Trinajstić information content (AvgIpc) is 2.89. The zero-order valence-electron chi connectivity index (χ0n) is 17.4. The highest BCUT2D eigenvalue weighted by Gasteiger charge is 2.43. The fourth-order valence-corrected chi connectivity index (χ4v) is 4.42. The van der Waals surface area contributed by atoms with Crippen LogP contribution >= 0.6 is 11.6 Å². The summed E-state index contributed by atoms with van der Waals surface area (Å²) in [5, 5.41) is 4.47. The van der Waals surface area contributed by atoms with E-state index >= 15 is 0 Å². The number of nitrogen functional groups attached to an aromatic ring is 1. The molecular weight excluding hydrogens is 374 g/mol. The molecule has 1 heterocycles. The summed E-state index contributed by atoms with van der Waals surface area (Å²) in [5.41, 5.74) is 8.93. The smallest absolute Gasteiger partial charge is 0.173 e. The lowest BCUT2D eigenvalue weighted by Gasteiger charge is -2.42.